The number of anilines is 2. The summed E-state index contributed by atoms with van der Waals surface area (Å²) in [5.74, 6) is -0.0377. The molecule has 4 amide bonds. The summed E-state index contributed by atoms with van der Waals surface area (Å²) >= 11 is 1.86. The number of carbonyl (C=O) groups excluding carboxylic acids is 3. The van der Waals surface area contributed by atoms with Crippen molar-refractivity contribution in [3.8, 4) is 0 Å². The molecule has 0 fully saturated rings. The maximum absolute atomic E-state index is 11.4. The quantitative estimate of drug-likeness (QED) is 0.657. The third kappa shape index (κ3) is 2.89. The minimum absolute atomic E-state index is 0.0377. The van der Waals surface area contributed by atoms with E-state index in [1.54, 1.807) is 18.2 Å². The van der Waals surface area contributed by atoms with Gasteiger partial charge in [-0.15, -0.1) is 0 Å². The summed E-state index contributed by atoms with van der Waals surface area (Å²) in [6.45, 7) is 0. The number of rotatable bonds is 1. The highest BCUT2D eigenvalue weighted by molar-refractivity contribution is 6.58. The summed E-state index contributed by atoms with van der Waals surface area (Å²) in [5, 5.41) is 7.41. The molecule has 2 rings (SSSR count). The average Bonchev–Trinajstić information content (AvgIpc) is 2.27. The molecule has 3 N–H and O–H groups in total. The average molecular weight is 259 g/mol. The normalized spacial score (nSPS) is 13.2. The van der Waals surface area contributed by atoms with Crippen LogP contribution in [0.2, 0.25) is 0 Å². The van der Waals surface area contributed by atoms with Crippen LogP contribution in [0.1, 0.15) is 12.0 Å². The molecule has 0 atom stereocenters. The maximum atomic E-state index is 11.4. The summed E-state index contributed by atoms with van der Waals surface area (Å²) in [6, 6.07) is 4.63. The highest BCUT2D eigenvalue weighted by atomic mass is 27.0. The predicted octanol–water partition coefficient (Wildman–Crippen LogP) is 0.981. The highest BCUT2D eigenvalue weighted by Crippen LogP contribution is 2.29. The fourth-order valence-corrected chi connectivity index (χ4v) is 1.94. The molecule has 1 heterocycles. The third-order valence-electron chi connectivity index (χ3n) is 2.54. The number of hydrogen-bond donors (Lipinski definition) is 3. The molecule has 0 aromatic heterocycles. The second-order valence-corrected chi connectivity index (χ2v) is 4.35. The van der Waals surface area contributed by atoms with Gasteiger partial charge in [0.25, 0.3) is 16.3 Å². The molecule has 1 aromatic rings. The minimum Gasteiger partial charge on any atom is -0.326 e. The van der Waals surface area contributed by atoms with E-state index in [0.29, 0.717) is 24.2 Å². The minimum atomic E-state index is -0.597. The first-order valence-corrected chi connectivity index (χ1v) is 5.93. The first-order chi connectivity index (χ1) is 8.56. The Morgan fingerprint density at radius 2 is 2.06 bits per heavy atom. The number of carbonyl (C=O) groups is 3. The number of benzene rings is 1. The Balaban J connectivity index is 2.19. The Bertz CT molecular complexity index is 530. The lowest BCUT2D eigenvalue weighted by molar-refractivity contribution is -0.116. The Hall–Kier alpha value is -1.84. The van der Waals surface area contributed by atoms with Gasteiger partial charge in [0.2, 0.25) is 5.91 Å². The highest BCUT2D eigenvalue weighted by Gasteiger charge is 2.18. The van der Waals surface area contributed by atoms with E-state index in [2.05, 4.69) is 16.0 Å². The molecule has 0 spiro atoms. The standard InChI is InChI=1S/C11H10N3O3.Al/c15-6-12-11(17)14-9-3-1-2-8-7(9)4-5-10(16)13-8;/h1-3H,4-5H2,(H,13,16)(H2,12,14,15,17);. The van der Waals surface area contributed by atoms with Crippen LogP contribution in [-0.4, -0.2) is 33.0 Å². The van der Waals surface area contributed by atoms with Crippen LogP contribution in [0.25, 0.3) is 0 Å². The van der Waals surface area contributed by atoms with Crippen LogP contribution in [0.3, 0.4) is 0 Å². The number of urea groups is 1. The second-order valence-electron chi connectivity index (χ2n) is 3.82. The van der Waals surface area contributed by atoms with Crippen molar-refractivity contribution in [2.75, 3.05) is 10.6 Å². The maximum Gasteiger partial charge on any atom is 0.324 e. The Kier molecular flexibility index (Phi) is 3.65. The Morgan fingerprint density at radius 1 is 1.28 bits per heavy atom. The van der Waals surface area contributed by atoms with Gasteiger partial charge in [0.15, 0.2) is 0 Å². The Labute approximate surface area is 112 Å². The van der Waals surface area contributed by atoms with Crippen LogP contribution in [0.5, 0.6) is 0 Å². The number of fused-ring (bicyclic) bond motifs is 1. The van der Waals surface area contributed by atoms with Crippen LogP contribution in [0, 0.1) is 0 Å². The molecule has 0 bridgehead atoms. The number of nitrogens with one attached hydrogen (secondary N) is 3. The lowest BCUT2D eigenvalue weighted by Crippen LogP contribution is -2.34. The van der Waals surface area contributed by atoms with Crippen molar-refractivity contribution in [1.82, 2.24) is 5.32 Å². The van der Waals surface area contributed by atoms with E-state index in [1.165, 1.54) is 0 Å². The van der Waals surface area contributed by atoms with Crippen molar-refractivity contribution < 1.29 is 14.4 Å². The molecule has 7 heteroatoms. The summed E-state index contributed by atoms with van der Waals surface area (Å²) in [7, 11) is 0. The first kappa shape index (κ1) is 12.6. The first-order valence-electron chi connectivity index (χ1n) is 5.35. The molecule has 18 heavy (non-hydrogen) atoms. The van der Waals surface area contributed by atoms with E-state index in [4.69, 9.17) is 0 Å². The zero-order valence-electron chi connectivity index (χ0n) is 9.45. The monoisotopic (exact) mass is 259 g/mol. The van der Waals surface area contributed by atoms with Gasteiger partial charge in [0.05, 0.1) is 0 Å². The van der Waals surface area contributed by atoms with Crippen LogP contribution in [0.4, 0.5) is 21.0 Å². The topological polar surface area (TPSA) is 87.3 Å². The van der Waals surface area contributed by atoms with Gasteiger partial charge in [-0.1, -0.05) is 6.07 Å². The van der Waals surface area contributed by atoms with Crippen LogP contribution < -0.4 is 16.0 Å². The third-order valence-corrected chi connectivity index (χ3v) is 2.68. The summed E-state index contributed by atoms with van der Waals surface area (Å²) in [5.41, 5.74) is 2.15. The fraction of sp³-hybridized carbons (Fsp3) is 0.182. The molecule has 1 aliphatic rings. The van der Waals surface area contributed by atoms with Gasteiger partial charge < -0.3 is 15.4 Å². The van der Waals surface area contributed by atoms with Gasteiger partial charge in [0.1, 0.15) is 4.77 Å². The molecule has 0 saturated heterocycles. The van der Waals surface area contributed by atoms with Crippen LogP contribution in [0.15, 0.2) is 18.2 Å². The number of amides is 4. The predicted molar refractivity (Wildman–Crippen MR) is 66.7 cm³/mol. The van der Waals surface area contributed by atoms with Gasteiger partial charge in [0, 0.05) is 17.8 Å². The Morgan fingerprint density at radius 3 is 2.78 bits per heavy atom. The smallest absolute Gasteiger partial charge is 0.324 e. The summed E-state index contributed by atoms with van der Waals surface area (Å²) in [4.78, 5) is 33.4. The molecule has 2 radical (unpaired) electrons. The zero-order chi connectivity index (χ0) is 13.1. The van der Waals surface area contributed by atoms with E-state index < -0.39 is 10.8 Å². The van der Waals surface area contributed by atoms with Crippen LogP contribution >= 0.6 is 0 Å². The van der Waals surface area contributed by atoms with E-state index in [-0.39, 0.29) is 5.91 Å². The summed E-state index contributed by atoms with van der Waals surface area (Å²) < 4.78 is -0.509. The summed E-state index contributed by atoms with van der Waals surface area (Å²) in [6.07, 6.45) is 0.947. The zero-order valence-corrected chi connectivity index (χ0v) is 10.6. The molecule has 0 aliphatic carbocycles. The van der Waals surface area contributed by atoms with Crippen LogP contribution in [-0.2, 0) is 11.2 Å². The van der Waals surface area contributed by atoms with E-state index in [1.807, 2.05) is 16.3 Å². The van der Waals surface area contributed by atoms with Crippen molar-refractivity contribution >= 4 is 44.4 Å². The van der Waals surface area contributed by atoms with Crippen molar-refractivity contribution in [2.45, 2.75) is 12.8 Å². The molecule has 1 aliphatic heterocycles. The van der Waals surface area contributed by atoms with Crippen molar-refractivity contribution in [3.63, 3.8) is 0 Å². The molecular weight excluding hydrogens is 249 g/mol. The SMILES string of the molecule is O=[C]([Al])NC(=O)Nc1cccc2c1CCC(=O)N2. The lowest BCUT2D eigenvalue weighted by Gasteiger charge is -2.20. The molecular formula is C11H10AlN3O3. The number of imide groups is 1. The van der Waals surface area contributed by atoms with Crippen molar-refractivity contribution in [2.24, 2.45) is 0 Å². The fourth-order valence-electron chi connectivity index (χ4n) is 1.81. The largest absolute Gasteiger partial charge is 0.326 e. The molecule has 90 valence electrons. The van der Waals surface area contributed by atoms with Crippen molar-refractivity contribution in [1.29, 1.82) is 0 Å². The van der Waals surface area contributed by atoms with Gasteiger partial charge in [-0.2, -0.15) is 0 Å². The van der Waals surface area contributed by atoms with Gasteiger partial charge >= 0.3 is 6.03 Å². The molecule has 6 nitrogen and oxygen atoms in total. The van der Waals surface area contributed by atoms with Crippen molar-refractivity contribution in [3.05, 3.63) is 23.8 Å². The second kappa shape index (κ2) is 5.21. The molecule has 0 saturated carbocycles. The van der Waals surface area contributed by atoms with Gasteiger partial charge in [-0.05, 0) is 24.1 Å². The molecule has 1 aromatic carbocycles. The molecule has 0 unspecified atom stereocenters. The van der Waals surface area contributed by atoms with E-state index in [0.717, 1.165) is 5.56 Å². The van der Waals surface area contributed by atoms with E-state index in [9.17, 15) is 14.4 Å². The van der Waals surface area contributed by atoms with E-state index >= 15 is 0 Å². The van der Waals surface area contributed by atoms with Gasteiger partial charge in [-0.3, -0.25) is 10.1 Å². The van der Waals surface area contributed by atoms with Gasteiger partial charge in [-0.25, -0.2) is 4.79 Å². The lowest BCUT2D eigenvalue weighted by atomic mass is 10.0. The number of hydrogen-bond acceptors (Lipinski definition) is 3.